The van der Waals surface area contributed by atoms with Gasteiger partial charge in [-0.15, -0.1) is 0 Å². The van der Waals surface area contributed by atoms with E-state index >= 15 is 0 Å². The van der Waals surface area contributed by atoms with E-state index in [2.05, 4.69) is 10.3 Å². The average molecular weight is 468 g/mol. The molecule has 1 saturated heterocycles. The van der Waals surface area contributed by atoms with Crippen molar-refractivity contribution in [2.45, 2.75) is 32.9 Å². The summed E-state index contributed by atoms with van der Waals surface area (Å²) >= 11 is 0. The quantitative estimate of drug-likeness (QED) is 0.468. The number of carbonyl (C=O) groups is 1. The van der Waals surface area contributed by atoms with Gasteiger partial charge in [-0.25, -0.2) is 9.97 Å². The molecule has 0 saturated carbocycles. The number of aromatic nitrogens is 3. The maximum absolute atomic E-state index is 13.6. The molecular weight excluding hydrogens is 438 g/mol. The lowest BCUT2D eigenvalue weighted by Crippen LogP contribution is -2.45. The Morgan fingerprint density at radius 2 is 1.86 bits per heavy atom. The summed E-state index contributed by atoms with van der Waals surface area (Å²) in [5, 5.41) is 3.09. The number of anilines is 1. The van der Waals surface area contributed by atoms with E-state index in [4.69, 9.17) is 4.98 Å². The molecule has 1 aliphatic rings. The van der Waals surface area contributed by atoms with Crippen molar-refractivity contribution < 1.29 is 4.79 Å². The molecule has 178 valence electrons. The van der Waals surface area contributed by atoms with Gasteiger partial charge in [0.1, 0.15) is 5.52 Å². The van der Waals surface area contributed by atoms with Crippen LogP contribution in [0.4, 0.5) is 5.82 Å². The third kappa shape index (κ3) is 4.94. The lowest BCUT2D eigenvalue weighted by Gasteiger charge is -2.32. The molecule has 0 unspecified atom stereocenters. The number of rotatable bonds is 6. The van der Waals surface area contributed by atoms with Gasteiger partial charge in [0.05, 0.1) is 12.5 Å². The van der Waals surface area contributed by atoms with Crippen molar-refractivity contribution in [3.8, 4) is 0 Å². The van der Waals surface area contributed by atoms with E-state index in [0.717, 1.165) is 29.5 Å². The summed E-state index contributed by atoms with van der Waals surface area (Å²) in [5.74, 6) is 0.212. The molecule has 0 spiro atoms. The number of hydrogen-bond acceptors (Lipinski definition) is 5. The van der Waals surface area contributed by atoms with Gasteiger partial charge in [0.2, 0.25) is 5.91 Å². The molecule has 7 nitrogen and oxygen atoms in total. The van der Waals surface area contributed by atoms with E-state index < -0.39 is 0 Å². The zero-order valence-electron chi connectivity index (χ0n) is 19.9. The predicted octanol–water partition coefficient (Wildman–Crippen LogP) is 3.68. The fourth-order valence-electron chi connectivity index (χ4n) is 4.70. The van der Waals surface area contributed by atoms with Crippen molar-refractivity contribution in [3.63, 3.8) is 0 Å². The standard InChI is InChI=1S/C28H29N5O2/c1-20-9-5-6-12-22(20)17-30-27(34)23-13-8-16-32(19-23)26-28(35)33(18-21-10-3-2-4-11-21)25-24(31-26)14-7-15-29-25/h2-7,9-12,14-15,23H,8,13,16-19H2,1H3,(H,30,34)/t23-/m0/s1. The van der Waals surface area contributed by atoms with Crippen LogP contribution in [-0.2, 0) is 17.9 Å². The van der Waals surface area contributed by atoms with Gasteiger partial charge in [0.25, 0.3) is 5.56 Å². The number of piperidine rings is 1. The van der Waals surface area contributed by atoms with Crippen LogP contribution >= 0.6 is 0 Å². The van der Waals surface area contributed by atoms with Crippen LogP contribution in [0.1, 0.15) is 29.5 Å². The summed E-state index contributed by atoms with van der Waals surface area (Å²) in [7, 11) is 0. The van der Waals surface area contributed by atoms with Gasteiger partial charge in [-0.05, 0) is 48.6 Å². The molecule has 4 aromatic rings. The van der Waals surface area contributed by atoms with Crippen molar-refractivity contribution in [1.82, 2.24) is 19.9 Å². The number of fused-ring (bicyclic) bond motifs is 1. The van der Waals surface area contributed by atoms with Crippen molar-refractivity contribution in [2.75, 3.05) is 18.0 Å². The molecule has 1 fully saturated rings. The molecule has 0 radical (unpaired) electrons. The Morgan fingerprint density at radius 1 is 1.06 bits per heavy atom. The van der Waals surface area contributed by atoms with E-state index in [-0.39, 0.29) is 17.4 Å². The fourth-order valence-corrected chi connectivity index (χ4v) is 4.70. The van der Waals surface area contributed by atoms with Crippen molar-refractivity contribution in [2.24, 2.45) is 5.92 Å². The predicted molar refractivity (Wildman–Crippen MR) is 137 cm³/mol. The summed E-state index contributed by atoms with van der Waals surface area (Å²) in [4.78, 5) is 37.8. The first-order chi connectivity index (χ1) is 17.1. The van der Waals surface area contributed by atoms with Gasteiger partial charge in [-0.1, -0.05) is 54.6 Å². The zero-order chi connectivity index (χ0) is 24.2. The highest BCUT2D eigenvalue weighted by Gasteiger charge is 2.28. The van der Waals surface area contributed by atoms with Crippen molar-refractivity contribution in [1.29, 1.82) is 0 Å². The van der Waals surface area contributed by atoms with E-state index in [1.54, 1.807) is 10.8 Å². The molecule has 1 aliphatic heterocycles. The molecule has 1 amide bonds. The number of amides is 1. The molecule has 7 heteroatoms. The summed E-state index contributed by atoms with van der Waals surface area (Å²) in [6.45, 7) is 4.13. The van der Waals surface area contributed by atoms with E-state index in [9.17, 15) is 9.59 Å². The maximum Gasteiger partial charge on any atom is 0.295 e. The molecule has 2 aromatic carbocycles. The van der Waals surface area contributed by atoms with Crippen molar-refractivity contribution >= 4 is 22.9 Å². The van der Waals surface area contributed by atoms with Gasteiger partial charge in [0.15, 0.2) is 11.5 Å². The number of nitrogens with zero attached hydrogens (tertiary/aromatic N) is 4. The smallest absolute Gasteiger partial charge is 0.295 e. The SMILES string of the molecule is Cc1ccccc1CNC(=O)[C@H]1CCCN(c2nc3cccnc3n(Cc3ccccc3)c2=O)C1. The molecule has 0 bridgehead atoms. The van der Waals surface area contributed by atoms with Crippen LogP contribution in [0.3, 0.4) is 0 Å². The molecule has 3 heterocycles. The fraction of sp³-hybridized carbons (Fsp3) is 0.286. The Hall–Kier alpha value is -4.00. The number of aryl methyl sites for hydroxylation is 1. The molecule has 5 rings (SSSR count). The molecule has 2 aromatic heterocycles. The Morgan fingerprint density at radius 3 is 2.69 bits per heavy atom. The number of nitrogens with one attached hydrogen (secondary N) is 1. The van der Waals surface area contributed by atoms with Crippen LogP contribution in [-0.4, -0.2) is 33.5 Å². The molecule has 1 atom stereocenters. The first-order valence-corrected chi connectivity index (χ1v) is 12.1. The number of hydrogen-bond donors (Lipinski definition) is 1. The van der Waals surface area contributed by atoms with E-state index in [1.165, 1.54) is 0 Å². The average Bonchev–Trinajstić information content (AvgIpc) is 2.90. The lowest BCUT2D eigenvalue weighted by atomic mass is 9.97. The highest BCUT2D eigenvalue weighted by molar-refractivity contribution is 5.79. The number of benzene rings is 2. The summed E-state index contributed by atoms with van der Waals surface area (Å²) in [5.41, 5.74) is 4.35. The monoisotopic (exact) mass is 467 g/mol. The van der Waals surface area contributed by atoms with Gasteiger partial charge >= 0.3 is 0 Å². The Kier molecular flexibility index (Phi) is 6.57. The normalized spacial score (nSPS) is 15.8. The molecule has 1 N–H and O–H groups in total. The topological polar surface area (TPSA) is 80.1 Å². The second-order valence-corrected chi connectivity index (χ2v) is 9.09. The minimum Gasteiger partial charge on any atom is -0.352 e. The highest BCUT2D eigenvalue weighted by Crippen LogP contribution is 2.22. The van der Waals surface area contributed by atoms with Gasteiger partial charge in [0, 0.05) is 25.8 Å². The van der Waals surface area contributed by atoms with Gasteiger partial charge in [-0.2, -0.15) is 0 Å². The molecule has 35 heavy (non-hydrogen) atoms. The zero-order valence-corrected chi connectivity index (χ0v) is 19.9. The Balaban J connectivity index is 1.39. The maximum atomic E-state index is 13.6. The van der Waals surface area contributed by atoms with Crippen LogP contribution in [0, 0.1) is 12.8 Å². The summed E-state index contributed by atoms with van der Waals surface area (Å²) in [6.07, 6.45) is 3.30. The van der Waals surface area contributed by atoms with E-state index in [1.807, 2.05) is 78.6 Å². The highest BCUT2D eigenvalue weighted by atomic mass is 16.2. The van der Waals surface area contributed by atoms with Crippen LogP contribution in [0.5, 0.6) is 0 Å². The second kappa shape index (κ2) is 10.1. The van der Waals surface area contributed by atoms with Crippen LogP contribution in [0.2, 0.25) is 0 Å². The number of carbonyl (C=O) groups excluding carboxylic acids is 1. The minimum absolute atomic E-state index is 0.0185. The Labute approximate surface area is 204 Å². The van der Waals surface area contributed by atoms with Crippen LogP contribution in [0.25, 0.3) is 11.2 Å². The van der Waals surface area contributed by atoms with E-state index in [0.29, 0.717) is 43.2 Å². The van der Waals surface area contributed by atoms with Crippen LogP contribution < -0.4 is 15.8 Å². The molecular formula is C28H29N5O2. The second-order valence-electron chi connectivity index (χ2n) is 9.09. The largest absolute Gasteiger partial charge is 0.352 e. The Bertz CT molecular complexity index is 1400. The van der Waals surface area contributed by atoms with Crippen molar-refractivity contribution in [3.05, 3.63) is 100.0 Å². The summed E-state index contributed by atoms with van der Waals surface area (Å²) in [6, 6.07) is 21.6. The first-order valence-electron chi connectivity index (χ1n) is 12.1. The molecule has 0 aliphatic carbocycles. The third-order valence-corrected chi connectivity index (χ3v) is 6.67. The minimum atomic E-state index is -0.193. The summed E-state index contributed by atoms with van der Waals surface area (Å²) < 4.78 is 1.69. The van der Waals surface area contributed by atoms with Gasteiger partial charge < -0.3 is 10.2 Å². The lowest BCUT2D eigenvalue weighted by molar-refractivity contribution is -0.125. The first kappa shape index (κ1) is 22.8. The van der Waals surface area contributed by atoms with Crippen LogP contribution in [0.15, 0.2) is 77.7 Å². The van der Waals surface area contributed by atoms with Gasteiger partial charge in [-0.3, -0.25) is 14.2 Å². The third-order valence-electron chi connectivity index (χ3n) is 6.67. The number of pyridine rings is 1.